The average Bonchev–Trinajstić information content (AvgIpc) is 2.37. The molecule has 0 amide bonds. The molecule has 0 aromatic rings. The summed E-state index contributed by atoms with van der Waals surface area (Å²) in [5.74, 6) is 0. The van der Waals surface area contributed by atoms with Crippen LogP contribution in [0.4, 0.5) is 0 Å². The van der Waals surface area contributed by atoms with Crippen molar-refractivity contribution in [3.63, 3.8) is 0 Å². The van der Waals surface area contributed by atoms with E-state index in [0.717, 1.165) is 6.08 Å². The average molecular weight is 265 g/mol. The molecule has 1 unspecified atom stereocenters. The fraction of sp³-hybridized carbons (Fsp3) is 0.333. The Bertz CT molecular complexity index is 458. The van der Waals surface area contributed by atoms with Crippen LogP contribution in [-0.4, -0.2) is 33.9 Å². The van der Waals surface area contributed by atoms with Gasteiger partial charge in [0, 0.05) is 13.1 Å². The first-order chi connectivity index (χ1) is 9.01. The molecule has 1 aliphatic rings. The summed E-state index contributed by atoms with van der Waals surface area (Å²) in [5, 5.41) is 21.7. The summed E-state index contributed by atoms with van der Waals surface area (Å²) in [6.07, 6.45) is 5.91. The third-order valence-electron chi connectivity index (χ3n) is 2.78. The fourth-order valence-electron chi connectivity index (χ4n) is 1.96. The highest BCUT2D eigenvalue weighted by atomic mass is 16.6. The highest BCUT2D eigenvalue weighted by Crippen LogP contribution is 2.23. The molecule has 0 bridgehead atoms. The van der Waals surface area contributed by atoms with Gasteiger partial charge in [-0.15, -0.1) is 13.2 Å². The van der Waals surface area contributed by atoms with Crippen LogP contribution in [0.15, 0.2) is 48.9 Å². The van der Waals surface area contributed by atoms with Crippen LogP contribution in [0.3, 0.4) is 0 Å². The van der Waals surface area contributed by atoms with Crippen molar-refractivity contribution in [2.45, 2.75) is 12.5 Å². The Morgan fingerprint density at radius 3 is 2.26 bits per heavy atom. The van der Waals surface area contributed by atoms with E-state index in [4.69, 9.17) is 0 Å². The van der Waals surface area contributed by atoms with Crippen molar-refractivity contribution in [1.82, 2.24) is 4.90 Å². The predicted octanol–water partition coefficient (Wildman–Crippen LogP) is 1.75. The van der Waals surface area contributed by atoms with Gasteiger partial charge in [0.15, 0.2) is 0 Å². The first kappa shape index (κ1) is 14.8. The lowest BCUT2D eigenvalue weighted by atomic mass is 10.0. The van der Waals surface area contributed by atoms with Gasteiger partial charge in [-0.25, -0.2) is 0 Å². The number of nitro groups is 2. The van der Waals surface area contributed by atoms with E-state index < -0.39 is 15.9 Å². The molecule has 1 rings (SSSR count). The SMILES string of the molecule is C=CCN(CC=C)C1CC=C([N+](=O)[O-])C=C1[N+](=O)[O-]. The van der Waals surface area contributed by atoms with E-state index in [-0.39, 0.29) is 17.8 Å². The van der Waals surface area contributed by atoms with E-state index in [9.17, 15) is 20.2 Å². The van der Waals surface area contributed by atoms with Crippen molar-refractivity contribution in [3.8, 4) is 0 Å². The zero-order valence-electron chi connectivity index (χ0n) is 10.4. The number of allylic oxidation sites excluding steroid dienone is 1. The minimum atomic E-state index is -0.620. The molecule has 1 aliphatic carbocycles. The second kappa shape index (κ2) is 6.60. The molecule has 1 atom stereocenters. The molecule has 0 fully saturated rings. The van der Waals surface area contributed by atoms with Crippen LogP contribution in [0.2, 0.25) is 0 Å². The van der Waals surface area contributed by atoms with Crippen LogP contribution >= 0.6 is 0 Å². The number of hydrogen-bond acceptors (Lipinski definition) is 5. The predicted molar refractivity (Wildman–Crippen MR) is 70.5 cm³/mol. The van der Waals surface area contributed by atoms with E-state index >= 15 is 0 Å². The lowest BCUT2D eigenvalue weighted by molar-refractivity contribution is -0.442. The van der Waals surface area contributed by atoms with Gasteiger partial charge in [-0.1, -0.05) is 12.2 Å². The van der Waals surface area contributed by atoms with E-state index in [0.29, 0.717) is 13.1 Å². The lowest BCUT2D eigenvalue weighted by Crippen LogP contribution is -2.40. The normalized spacial score (nSPS) is 18.5. The number of nitrogens with zero attached hydrogens (tertiary/aromatic N) is 3. The summed E-state index contributed by atoms with van der Waals surface area (Å²) < 4.78 is 0. The van der Waals surface area contributed by atoms with Gasteiger partial charge in [-0.2, -0.15) is 0 Å². The van der Waals surface area contributed by atoms with Gasteiger partial charge in [0.2, 0.25) is 0 Å². The highest BCUT2D eigenvalue weighted by Gasteiger charge is 2.34. The molecule has 0 radical (unpaired) electrons. The Morgan fingerprint density at radius 1 is 1.26 bits per heavy atom. The van der Waals surface area contributed by atoms with Crippen molar-refractivity contribution in [2.24, 2.45) is 0 Å². The molecule has 0 aromatic heterocycles. The first-order valence-electron chi connectivity index (χ1n) is 5.67. The minimum absolute atomic E-state index is 0.169. The topological polar surface area (TPSA) is 89.5 Å². The Kier molecular flexibility index (Phi) is 5.13. The number of rotatable bonds is 7. The molecule has 7 nitrogen and oxygen atoms in total. The largest absolute Gasteiger partial charge is 0.283 e. The standard InChI is InChI=1S/C12H15N3O4/c1-3-7-13(8-4-2)11-6-5-10(14(16)17)9-12(11)15(18)19/h3-5,9,11H,1-2,6-8H2. The zero-order chi connectivity index (χ0) is 14.4. The van der Waals surface area contributed by atoms with E-state index in [1.165, 1.54) is 6.08 Å². The van der Waals surface area contributed by atoms with E-state index in [2.05, 4.69) is 13.2 Å². The van der Waals surface area contributed by atoms with E-state index in [1.807, 2.05) is 0 Å². The molecule has 0 saturated carbocycles. The van der Waals surface area contributed by atoms with Gasteiger partial charge in [-0.05, 0) is 12.5 Å². The Morgan fingerprint density at radius 2 is 1.84 bits per heavy atom. The maximum absolute atomic E-state index is 11.1. The maximum Gasteiger partial charge on any atom is 0.272 e. The van der Waals surface area contributed by atoms with Crippen LogP contribution in [0, 0.1) is 20.2 Å². The van der Waals surface area contributed by atoms with Crippen LogP contribution in [0.5, 0.6) is 0 Å². The summed E-state index contributed by atoms with van der Waals surface area (Å²) in [6, 6.07) is -0.505. The first-order valence-corrected chi connectivity index (χ1v) is 5.67. The fourth-order valence-corrected chi connectivity index (χ4v) is 1.96. The molecular weight excluding hydrogens is 250 g/mol. The van der Waals surface area contributed by atoms with Crippen LogP contribution in [-0.2, 0) is 0 Å². The van der Waals surface area contributed by atoms with Gasteiger partial charge < -0.3 is 0 Å². The Balaban J connectivity index is 3.05. The van der Waals surface area contributed by atoms with Crippen LogP contribution in [0.1, 0.15) is 6.42 Å². The summed E-state index contributed by atoms with van der Waals surface area (Å²) >= 11 is 0. The molecule has 0 saturated heterocycles. The second-order valence-electron chi connectivity index (χ2n) is 4.00. The van der Waals surface area contributed by atoms with Crippen molar-refractivity contribution in [2.75, 3.05) is 13.1 Å². The maximum atomic E-state index is 11.1. The number of hydrogen-bond donors (Lipinski definition) is 0. The second-order valence-corrected chi connectivity index (χ2v) is 4.00. The van der Waals surface area contributed by atoms with Crippen LogP contribution in [0.25, 0.3) is 0 Å². The van der Waals surface area contributed by atoms with Gasteiger partial charge in [0.1, 0.15) is 6.04 Å². The highest BCUT2D eigenvalue weighted by molar-refractivity contribution is 5.24. The van der Waals surface area contributed by atoms with Gasteiger partial charge in [0.25, 0.3) is 11.4 Å². The molecule has 0 heterocycles. The van der Waals surface area contributed by atoms with E-state index in [1.54, 1.807) is 17.1 Å². The summed E-state index contributed by atoms with van der Waals surface area (Å²) in [4.78, 5) is 22.3. The molecule has 0 aromatic carbocycles. The molecule has 0 spiro atoms. The smallest absolute Gasteiger partial charge is 0.272 e. The third kappa shape index (κ3) is 3.59. The minimum Gasteiger partial charge on any atom is -0.283 e. The molecule has 102 valence electrons. The Labute approximate surface area is 110 Å². The lowest BCUT2D eigenvalue weighted by Gasteiger charge is -2.27. The third-order valence-corrected chi connectivity index (χ3v) is 2.78. The monoisotopic (exact) mass is 265 g/mol. The van der Waals surface area contributed by atoms with Crippen LogP contribution < -0.4 is 0 Å². The summed E-state index contributed by atoms with van der Waals surface area (Å²) in [7, 11) is 0. The van der Waals surface area contributed by atoms with Gasteiger partial charge in [0.05, 0.1) is 15.9 Å². The summed E-state index contributed by atoms with van der Waals surface area (Å²) in [6.45, 7) is 8.10. The van der Waals surface area contributed by atoms with Crippen molar-refractivity contribution >= 4 is 0 Å². The zero-order valence-corrected chi connectivity index (χ0v) is 10.4. The quantitative estimate of drug-likeness (QED) is 0.397. The molecule has 0 N–H and O–H groups in total. The van der Waals surface area contributed by atoms with Crippen molar-refractivity contribution in [3.05, 3.63) is 69.1 Å². The molecular formula is C12H15N3O4. The molecule has 7 heteroatoms. The van der Waals surface area contributed by atoms with Gasteiger partial charge >= 0.3 is 0 Å². The van der Waals surface area contributed by atoms with Crippen molar-refractivity contribution < 1.29 is 9.85 Å². The van der Waals surface area contributed by atoms with Crippen molar-refractivity contribution in [1.29, 1.82) is 0 Å². The Hall–Kier alpha value is -2.28. The molecule has 19 heavy (non-hydrogen) atoms. The molecule has 0 aliphatic heterocycles. The summed E-state index contributed by atoms with van der Waals surface area (Å²) in [5.41, 5.74) is -0.405. The van der Waals surface area contributed by atoms with Gasteiger partial charge in [-0.3, -0.25) is 25.1 Å².